The summed E-state index contributed by atoms with van der Waals surface area (Å²) in [5.74, 6) is 1.21. The van der Waals surface area contributed by atoms with E-state index >= 15 is 0 Å². The molecule has 1 N–H and O–H groups in total. The lowest BCUT2D eigenvalue weighted by atomic mass is 10.0. The number of carbonyl (C=O) groups is 2. The van der Waals surface area contributed by atoms with Crippen molar-refractivity contribution in [2.24, 2.45) is 17.8 Å². The third kappa shape index (κ3) is 5.45. The fourth-order valence-electron chi connectivity index (χ4n) is 3.71. The van der Waals surface area contributed by atoms with Crippen molar-refractivity contribution in [3.63, 3.8) is 0 Å². The van der Waals surface area contributed by atoms with Crippen molar-refractivity contribution < 1.29 is 19.1 Å². The topological polar surface area (TPSA) is 67.9 Å². The Morgan fingerprint density at radius 1 is 1.19 bits per heavy atom. The van der Waals surface area contributed by atoms with E-state index in [1.165, 1.54) is 0 Å². The van der Waals surface area contributed by atoms with E-state index < -0.39 is 0 Å². The maximum Gasteiger partial charge on any atom is 0.227 e. The van der Waals surface area contributed by atoms with Crippen LogP contribution in [0.15, 0.2) is 30.3 Å². The summed E-state index contributed by atoms with van der Waals surface area (Å²) >= 11 is 0. The Labute approximate surface area is 161 Å². The van der Waals surface area contributed by atoms with Crippen molar-refractivity contribution in [3.05, 3.63) is 30.3 Å². The minimum atomic E-state index is -0.195. The largest absolute Gasteiger partial charge is 0.493 e. The highest BCUT2D eigenvalue weighted by molar-refractivity contribution is 5.84. The van der Waals surface area contributed by atoms with Gasteiger partial charge in [0.25, 0.3) is 0 Å². The van der Waals surface area contributed by atoms with Gasteiger partial charge >= 0.3 is 0 Å². The monoisotopic (exact) mass is 374 g/mol. The van der Waals surface area contributed by atoms with Crippen LogP contribution in [0, 0.1) is 17.8 Å². The van der Waals surface area contributed by atoms with Crippen molar-refractivity contribution in [1.82, 2.24) is 10.2 Å². The Morgan fingerprint density at radius 3 is 2.59 bits per heavy atom. The Hall–Kier alpha value is -2.08. The molecule has 6 heteroatoms. The molecule has 2 amide bonds. The number of ether oxygens (including phenoxy) is 2. The van der Waals surface area contributed by atoms with Crippen LogP contribution in [-0.4, -0.2) is 56.7 Å². The number of likely N-dealkylation sites (N-methyl/N-ethyl adjacent to an activating group) is 1. The fourth-order valence-corrected chi connectivity index (χ4v) is 3.71. The first-order valence-corrected chi connectivity index (χ1v) is 9.80. The van der Waals surface area contributed by atoms with Crippen LogP contribution in [0.4, 0.5) is 0 Å². The summed E-state index contributed by atoms with van der Waals surface area (Å²) in [6.45, 7) is 1.63. The van der Waals surface area contributed by atoms with Gasteiger partial charge in [-0.2, -0.15) is 0 Å². The molecule has 0 bridgehead atoms. The Balaban J connectivity index is 1.60. The summed E-state index contributed by atoms with van der Waals surface area (Å²) in [6, 6.07) is 9.60. The molecule has 3 rings (SSSR count). The first-order valence-electron chi connectivity index (χ1n) is 9.80. The summed E-state index contributed by atoms with van der Waals surface area (Å²) in [5.41, 5.74) is 0. The lowest BCUT2D eigenvalue weighted by Crippen LogP contribution is -2.45. The second-order valence-electron chi connectivity index (χ2n) is 7.71. The van der Waals surface area contributed by atoms with Crippen LogP contribution in [0.1, 0.15) is 25.7 Å². The average molecular weight is 374 g/mol. The maximum atomic E-state index is 12.9. The van der Waals surface area contributed by atoms with E-state index in [0.29, 0.717) is 19.8 Å². The van der Waals surface area contributed by atoms with Crippen molar-refractivity contribution in [2.75, 3.05) is 33.9 Å². The highest BCUT2D eigenvalue weighted by atomic mass is 16.5. The molecule has 6 nitrogen and oxygen atoms in total. The van der Waals surface area contributed by atoms with Gasteiger partial charge in [0.15, 0.2) is 0 Å². The van der Waals surface area contributed by atoms with Crippen LogP contribution in [0.25, 0.3) is 0 Å². The minimum absolute atomic E-state index is 0.0790. The van der Waals surface area contributed by atoms with Crippen molar-refractivity contribution in [3.8, 4) is 5.75 Å². The number of carbonyl (C=O) groups excluding carboxylic acids is 2. The molecule has 3 atom stereocenters. The van der Waals surface area contributed by atoms with Gasteiger partial charge in [-0.3, -0.25) is 9.59 Å². The highest BCUT2D eigenvalue weighted by Gasteiger charge is 2.42. The number of nitrogens with zero attached hydrogens (tertiary/aromatic N) is 1. The first-order chi connectivity index (χ1) is 13.1. The van der Waals surface area contributed by atoms with Gasteiger partial charge in [0.1, 0.15) is 5.75 Å². The molecular formula is C21H30N2O4. The second kappa shape index (κ2) is 9.22. The molecule has 0 aromatic heterocycles. The zero-order valence-electron chi connectivity index (χ0n) is 16.2. The van der Waals surface area contributed by atoms with Gasteiger partial charge in [-0.25, -0.2) is 0 Å². The SMILES string of the molecule is COCCN(C)C(=O)[C@@H]1C[C@@H](COc2ccccc2)C[C@H]1NC(=O)C1CC1. The molecule has 0 spiro atoms. The number of hydrogen-bond acceptors (Lipinski definition) is 4. The quantitative estimate of drug-likeness (QED) is 0.719. The van der Waals surface area contributed by atoms with E-state index in [1.807, 2.05) is 30.3 Å². The number of benzene rings is 1. The lowest BCUT2D eigenvalue weighted by Gasteiger charge is -2.25. The highest BCUT2D eigenvalue weighted by Crippen LogP contribution is 2.35. The smallest absolute Gasteiger partial charge is 0.227 e. The van der Waals surface area contributed by atoms with E-state index in [-0.39, 0.29) is 35.6 Å². The number of rotatable bonds is 9. The zero-order chi connectivity index (χ0) is 19.2. The summed E-state index contributed by atoms with van der Waals surface area (Å²) < 4.78 is 11.0. The van der Waals surface area contributed by atoms with Crippen LogP contribution in [-0.2, 0) is 14.3 Å². The van der Waals surface area contributed by atoms with Gasteiger partial charge in [0.05, 0.1) is 19.1 Å². The van der Waals surface area contributed by atoms with Crippen molar-refractivity contribution in [2.45, 2.75) is 31.7 Å². The van der Waals surface area contributed by atoms with Gasteiger partial charge in [-0.1, -0.05) is 18.2 Å². The molecule has 2 aliphatic rings. The second-order valence-corrected chi connectivity index (χ2v) is 7.71. The minimum Gasteiger partial charge on any atom is -0.493 e. The number of hydrogen-bond donors (Lipinski definition) is 1. The van der Waals surface area contributed by atoms with Crippen LogP contribution in [0.2, 0.25) is 0 Å². The normalized spacial score (nSPS) is 24.4. The summed E-state index contributed by atoms with van der Waals surface area (Å²) in [6.07, 6.45) is 3.44. The van der Waals surface area contributed by atoms with E-state index in [4.69, 9.17) is 9.47 Å². The van der Waals surface area contributed by atoms with Gasteiger partial charge in [-0.05, 0) is 43.7 Å². The molecule has 0 saturated heterocycles. The zero-order valence-corrected chi connectivity index (χ0v) is 16.2. The number of para-hydroxylation sites is 1. The third-order valence-corrected chi connectivity index (χ3v) is 5.49. The van der Waals surface area contributed by atoms with E-state index in [9.17, 15) is 9.59 Å². The number of nitrogens with one attached hydrogen (secondary N) is 1. The average Bonchev–Trinajstić information content (AvgIpc) is 3.46. The molecule has 0 heterocycles. The van der Waals surface area contributed by atoms with Gasteiger partial charge in [-0.15, -0.1) is 0 Å². The standard InChI is InChI=1S/C21H30N2O4/c1-23(10-11-26-2)21(25)18-12-15(14-27-17-6-4-3-5-7-17)13-19(18)22-20(24)16-8-9-16/h3-7,15-16,18-19H,8-14H2,1-2H3,(H,22,24)/t15-,18-,19-/m1/s1. The van der Waals surface area contributed by atoms with Crippen LogP contribution >= 0.6 is 0 Å². The molecule has 0 unspecified atom stereocenters. The Bertz CT molecular complexity index is 632. The molecule has 0 aliphatic heterocycles. The van der Waals surface area contributed by atoms with E-state index in [2.05, 4.69) is 5.32 Å². The lowest BCUT2D eigenvalue weighted by molar-refractivity contribution is -0.135. The van der Waals surface area contributed by atoms with E-state index in [0.717, 1.165) is 31.4 Å². The Morgan fingerprint density at radius 2 is 1.93 bits per heavy atom. The molecule has 1 aromatic carbocycles. The molecule has 27 heavy (non-hydrogen) atoms. The summed E-state index contributed by atoms with van der Waals surface area (Å²) in [4.78, 5) is 26.9. The number of methoxy groups -OCH3 is 1. The van der Waals surface area contributed by atoms with Crippen molar-refractivity contribution >= 4 is 11.8 Å². The van der Waals surface area contributed by atoms with E-state index in [1.54, 1.807) is 19.1 Å². The molecule has 1 aromatic rings. The molecule has 2 fully saturated rings. The van der Waals surface area contributed by atoms with Crippen molar-refractivity contribution in [1.29, 1.82) is 0 Å². The fraction of sp³-hybridized carbons (Fsp3) is 0.619. The molecular weight excluding hydrogens is 344 g/mol. The maximum absolute atomic E-state index is 12.9. The Kier molecular flexibility index (Phi) is 6.72. The summed E-state index contributed by atoms with van der Waals surface area (Å²) in [5, 5.41) is 3.14. The van der Waals surface area contributed by atoms with Gasteiger partial charge in [0, 0.05) is 32.7 Å². The third-order valence-electron chi connectivity index (χ3n) is 5.49. The molecule has 0 radical (unpaired) electrons. The molecule has 148 valence electrons. The van der Waals surface area contributed by atoms with Gasteiger partial charge < -0.3 is 19.7 Å². The number of amides is 2. The van der Waals surface area contributed by atoms with Crippen LogP contribution in [0.5, 0.6) is 5.75 Å². The van der Waals surface area contributed by atoms with Gasteiger partial charge in [0.2, 0.25) is 11.8 Å². The van der Waals surface area contributed by atoms with Crippen LogP contribution in [0.3, 0.4) is 0 Å². The molecule has 2 aliphatic carbocycles. The first kappa shape index (κ1) is 19.7. The predicted octanol–water partition coefficient (Wildman–Crippen LogP) is 2.09. The predicted molar refractivity (Wildman–Crippen MR) is 102 cm³/mol. The molecule has 2 saturated carbocycles. The summed E-state index contributed by atoms with van der Waals surface area (Å²) in [7, 11) is 3.43. The van der Waals surface area contributed by atoms with Crippen LogP contribution < -0.4 is 10.1 Å².